The van der Waals surface area contributed by atoms with E-state index in [2.05, 4.69) is 37.8 Å². The van der Waals surface area contributed by atoms with Gasteiger partial charge in [-0.3, -0.25) is 9.69 Å². The van der Waals surface area contributed by atoms with E-state index in [4.69, 9.17) is 0 Å². The van der Waals surface area contributed by atoms with Gasteiger partial charge in [-0.25, -0.2) is 0 Å². The van der Waals surface area contributed by atoms with Crippen molar-refractivity contribution in [1.82, 2.24) is 4.90 Å². The monoisotopic (exact) mass is 235 g/mol. The molecule has 0 heterocycles. The highest BCUT2D eigenvalue weighted by molar-refractivity contribution is 5.84. The quantitative estimate of drug-likeness (QED) is 0.698. The molecule has 0 aromatic rings. The lowest BCUT2D eigenvalue weighted by molar-refractivity contribution is -0.129. The van der Waals surface area contributed by atoms with Crippen LogP contribution in [0.5, 0.6) is 0 Å². The lowest BCUT2D eigenvalue weighted by Gasteiger charge is -2.44. The molecule has 0 spiro atoms. The Morgan fingerprint density at radius 2 is 2.18 bits per heavy atom. The number of likely N-dealkylation sites (N-methyl/N-ethyl adjacent to an activating group) is 1. The summed E-state index contributed by atoms with van der Waals surface area (Å²) in [5.74, 6) is 1.07. The minimum absolute atomic E-state index is 0.218. The van der Waals surface area contributed by atoms with Gasteiger partial charge in [-0.15, -0.1) is 0 Å². The van der Waals surface area contributed by atoms with E-state index >= 15 is 0 Å². The molecule has 96 valence electrons. The van der Waals surface area contributed by atoms with E-state index in [-0.39, 0.29) is 17.4 Å². The van der Waals surface area contributed by atoms with Crippen LogP contribution in [0, 0.1) is 11.8 Å². The molecule has 2 aliphatic carbocycles. The first kappa shape index (κ1) is 12.8. The van der Waals surface area contributed by atoms with Crippen molar-refractivity contribution in [3.63, 3.8) is 0 Å². The lowest BCUT2D eigenvalue weighted by atomic mass is 9.79. The predicted octanol–water partition coefficient (Wildman–Crippen LogP) is 3.03. The van der Waals surface area contributed by atoms with Crippen LogP contribution in [0.1, 0.15) is 46.5 Å². The van der Waals surface area contributed by atoms with E-state index in [1.54, 1.807) is 0 Å². The topological polar surface area (TPSA) is 20.3 Å². The number of carbonyl (C=O) groups excluding carboxylic acids is 1. The van der Waals surface area contributed by atoms with E-state index in [1.165, 1.54) is 6.42 Å². The Kier molecular flexibility index (Phi) is 3.72. The van der Waals surface area contributed by atoms with Crippen molar-refractivity contribution < 1.29 is 4.79 Å². The number of rotatable bonds is 4. The molecule has 2 heteroatoms. The molecule has 3 unspecified atom stereocenters. The maximum absolute atomic E-state index is 12.2. The third kappa shape index (κ3) is 2.47. The van der Waals surface area contributed by atoms with E-state index in [0.717, 1.165) is 32.4 Å². The maximum atomic E-state index is 12.2. The average molecular weight is 235 g/mol. The van der Waals surface area contributed by atoms with Crippen LogP contribution in [0.3, 0.4) is 0 Å². The summed E-state index contributed by atoms with van der Waals surface area (Å²) in [4.78, 5) is 14.6. The van der Waals surface area contributed by atoms with Gasteiger partial charge >= 0.3 is 0 Å². The summed E-state index contributed by atoms with van der Waals surface area (Å²) in [6, 6.07) is 0. The van der Waals surface area contributed by atoms with Crippen molar-refractivity contribution in [1.29, 1.82) is 0 Å². The summed E-state index contributed by atoms with van der Waals surface area (Å²) in [7, 11) is 0. The number of carbonyl (C=O) groups is 1. The van der Waals surface area contributed by atoms with Gasteiger partial charge in [0.1, 0.15) is 5.78 Å². The molecule has 1 fully saturated rings. The zero-order valence-electron chi connectivity index (χ0n) is 11.4. The summed E-state index contributed by atoms with van der Waals surface area (Å²) in [5, 5.41) is 0. The normalized spacial score (nSPS) is 37.3. The van der Waals surface area contributed by atoms with E-state index in [0.29, 0.717) is 5.78 Å². The Hall–Kier alpha value is -0.630. The number of hydrogen-bond acceptors (Lipinski definition) is 2. The highest BCUT2D eigenvalue weighted by Crippen LogP contribution is 2.33. The third-order valence-corrected chi connectivity index (χ3v) is 4.63. The fourth-order valence-corrected chi connectivity index (χ4v) is 3.20. The smallest absolute Gasteiger partial charge is 0.140 e. The van der Waals surface area contributed by atoms with Gasteiger partial charge in [0.2, 0.25) is 0 Å². The standard InChI is InChI=1S/C15H25NO/c1-4-16(15(3)9-6-10-15)11-13-8-5-7-12(2)14(13)17/h6,9,12-13H,4-5,7-8,10-11H2,1-3H3. The summed E-state index contributed by atoms with van der Waals surface area (Å²) < 4.78 is 0. The number of Topliss-reactive ketones (excluding diaryl/α,β-unsaturated/α-hetero) is 1. The van der Waals surface area contributed by atoms with Crippen LogP contribution in [-0.2, 0) is 4.79 Å². The third-order valence-electron chi connectivity index (χ3n) is 4.63. The van der Waals surface area contributed by atoms with Crippen molar-refractivity contribution in [3.05, 3.63) is 12.2 Å². The van der Waals surface area contributed by atoms with E-state index in [9.17, 15) is 4.79 Å². The summed E-state index contributed by atoms with van der Waals surface area (Å²) in [5.41, 5.74) is 0.218. The lowest BCUT2D eigenvalue weighted by Crippen LogP contribution is -2.51. The van der Waals surface area contributed by atoms with Gasteiger partial charge < -0.3 is 0 Å². The first-order chi connectivity index (χ1) is 8.07. The molecule has 0 amide bonds. The SMILES string of the molecule is CCN(CC1CCCC(C)C1=O)C1(C)C=CC1. The molecule has 0 aromatic heterocycles. The van der Waals surface area contributed by atoms with Crippen LogP contribution in [0.25, 0.3) is 0 Å². The Morgan fingerprint density at radius 3 is 2.71 bits per heavy atom. The zero-order chi connectivity index (χ0) is 12.5. The van der Waals surface area contributed by atoms with Crippen LogP contribution in [0.2, 0.25) is 0 Å². The molecule has 2 rings (SSSR count). The molecule has 0 radical (unpaired) electrons. The van der Waals surface area contributed by atoms with Gasteiger partial charge in [-0.05, 0) is 32.7 Å². The van der Waals surface area contributed by atoms with Gasteiger partial charge in [-0.2, -0.15) is 0 Å². The van der Waals surface area contributed by atoms with Gasteiger partial charge in [0.25, 0.3) is 0 Å². The molecule has 0 aliphatic heterocycles. The molecule has 0 saturated heterocycles. The van der Waals surface area contributed by atoms with Gasteiger partial charge in [0, 0.05) is 23.9 Å². The Bertz CT molecular complexity index is 323. The van der Waals surface area contributed by atoms with Crippen LogP contribution in [-0.4, -0.2) is 29.3 Å². The molecule has 0 N–H and O–H groups in total. The highest BCUT2D eigenvalue weighted by atomic mass is 16.1. The van der Waals surface area contributed by atoms with Gasteiger partial charge in [-0.1, -0.05) is 32.4 Å². The van der Waals surface area contributed by atoms with E-state index in [1.807, 2.05) is 0 Å². The molecule has 0 aromatic carbocycles. The minimum atomic E-state index is 0.218. The van der Waals surface area contributed by atoms with Crippen LogP contribution in [0.4, 0.5) is 0 Å². The largest absolute Gasteiger partial charge is 0.299 e. The van der Waals surface area contributed by atoms with Gasteiger partial charge in [0.15, 0.2) is 0 Å². The first-order valence-corrected chi connectivity index (χ1v) is 7.03. The molecular formula is C15H25NO. The summed E-state index contributed by atoms with van der Waals surface area (Å²) in [6.45, 7) is 8.58. The van der Waals surface area contributed by atoms with Crippen LogP contribution in [0.15, 0.2) is 12.2 Å². The molecule has 2 nitrogen and oxygen atoms in total. The van der Waals surface area contributed by atoms with Crippen LogP contribution < -0.4 is 0 Å². The summed E-state index contributed by atoms with van der Waals surface area (Å²) >= 11 is 0. The molecule has 17 heavy (non-hydrogen) atoms. The highest BCUT2D eigenvalue weighted by Gasteiger charge is 2.36. The maximum Gasteiger partial charge on any atom is 0.140 e. The summed E-state index contributed by atoms with van der Waals surface area (Å²) in [6.07, 6.45) is 9.07. The number of ketones is 1. The second-order valence-electron chi connectivity index (χ2n) is 5.93. The van der Waals surface area contributed by atoms with Crippen molar-refractivity contribution >= 4 is 5.78 Å². The number of hydrogen-bond donors (Lipinski definition) is 0. The fraction of sp³-hybridized carbons (Fsp3) is 0.800. The minimum Gasteiger partial charge on any atom is -0.299 e. The molecule has 0 bridgehead atoms. The number of nitrogens with zero attached hydrogens (tertiary/aromatic N) is 1. The van der Waals surface area contributed by atoms with Crippen molar-refractivity contribution in [2.75, 3.05) is 13.1 Å². The Labute approximate surface area is 105 Å². The molecule has 3 atom stereocenters. The van der Waals surface area contributed by atoms with Crippen LogP contribution >= 0.6 is 0 Å². The van der Waals surface area contributed by atoms with Crippen molar-refractivity contribution in [2.24, 2.45) is 11.8 Å². The second-order valence-corrected chi connectivity index (χ2v) is 5.93. The van der Waals surface area contributed by atoms with Crippen molar-refractivity contribution in [3.8, 4) is 0 Å². The Morgan fingerprint density at radius 1 is 1.47 bits per heavy atom. The zero-order valence-corrected chi connectivity index (χ0v) is 11.4. The van der Waals surface area contributed by atoms with Crippen molar-refractivity contribution in [2.45, 2.75) is 52.0 Å². The average Bonchev–Trinajstić information content (AvgIpc) is 2.28. The van der Waals surface area contributed by atoms with E-state index < -0.39 is 0 Å². The first-order valence-electron chi connectivity index (χ1n) is 7.03. The molecule has 2 aliphatic rings. The molecule has 1 saturated carbocycles. The second kappa shape index (κ2) is 4.93. The van der Waals surface area contributed by atoms with Gasteiger partial charge in [0.05, 0.1) is 0 Å². The predicted molar refractivity (Wildman–Crippen MR) is 70.9 cm³/mol. The fourth-order valence-electron chi connectivity index (χ4n) is 3.20. The molecular weight excluding hydrogens is 210 g/mol. The Balaban J connectivity index is 1.98.